The van der Waals surface area contributed by atoms with E-state index in [1.165, 1.54) is 0 Å². The van der Waals surface area contributed by atoms with Gasteiger partial charge in [0.25, 0.3) is 0 Å². The van der Waals surface area contributed by atoms with Gasteiger partial charge in [0.1, 0.15) is 0 Å². The molecule has 0 radical (unpaired) electrons. The minimum Gasteiger partial charge on any atom is -0.352 e. The Labute approximate surface area is 160 Å². The molecule has 0 spiro atoms. The summed E-state index contributed by atoms with van der Waals surface area (Å²) in [6.07, 6.45) is 1.81. The molecule has 26 heavy (non-hydrogen) atoms. The summed E-state index contributed by atoms with van der Waals surface area (Å²) in [6, 6.07) is 11.6. The third kappa shape index (κ3) is 3.98. The van der Waals surface area contributed by atoms with Crippen LogP contribution in [0.4, 0.5) is 5.82 Å². The average molecular weight is 373 g/mol. The number of carbonyl (C=O) groups is 1. The van der Waals surface area contributed by atoms with Gasteiger partial charge in [-0.25, -0.2) is 0 Å². The lowest BCUT2D eigenvalue weighted by atomic mass is 10.0. The van der Waals surface area contributed by atoms with Gasteiger partial charge in [-0.05, 0) is 31.0 Å². The zero-order valence-corrected chi connectivity index (χ0v) is 16.1. The molecule has 6 heteroatoms. The fourth-order valence-electron chi connectivity index (χ4n) is 3.36. The number of hydrogen-bond acceptors (Lipinski definition) is 4. The number of hydrogen-bond donors (Lipinski definition) is 0. The molecule has 0 atom stereocenters. The quantitative estimate of drug-likeness (QED) is 0.799. The molecule has 138 valence electrons. The number of amides is 1. The summed E-state index contributed by atoms with van der Waals surface area (Å²) in [7, 11) is 0. The van der Waals surface area contributed by atoms with Crippen molar-refractivity contribution in [1.82, 2.24) is 15.1 Å². The molecule has 1 aromatic carbocycles. The molecular formula is C20H25ClN4O. The summed E-state index contributed by atoms with van der Waals surface area (Å²) < 4.78 is 0. The molecule has 1 saturated heterocycles. The van der Waals surface area contributed by atoms with Crippen LogP contribution in [0.15, 0.2) is 36.4 Å². The molecule has 5 nitrogen and oxygen atoms in total. The summed E-state index contributed by atoms with van der Waals surface area (Å²) in [6.45, 7) is 7.21. The lowest BCUT2D eigenvalue weighted by molar-refractivity contribution is -0.136. The first-order valence-electron chi connectivity index (χ1n) is 9.26. The fourth-order valence-corrected chi connectivity index (χ4v) is 3.59. The van der Waals surface area contributed by atoms with E-state index < -0.39 is 0 Å². The van der Waals surface area contributed by atoms with Gasteiger partial charge in [-0.2, -0.15) is 0 Å². The molecule has 0 aliphatic carbocycles. The van der Waals surface area contributed by atoms with Crippen molar-refractivity contribution in [3.05, 3.63) is 41.4 Å². The normalized spacial score (nSPS) is 14.8. The van der Waals surface area contributed by atoms with Crippen LogP contribution in [0.5, 0.6) is 0 Å². The van der Waals surface area contributed by atoms with Crippen molar-refractivity contribution in [3.63, 3.8) is 0 Å². The van der Waals surface area contributed by atoms with E-state index in [1.807, 2.05) is 41.3 Å². The summed E-state index contributed by atoms with van der Waals surface area (Å²) >= 11 is 6.23. The lowest BCUT2D eigenvalue weighted by Gasteiger charge is -2.36. The molecule has 2 heterocycles. The van der Waals surface area contributed by atoms with Crippen molar-refractivity contribution in [3.8, 4) is 11.3 Å². The van der Waals surface area contributed by atoms with Crippen molar-refractivity contribution in [1.29, 1.82) is 0 Å². The van der Waals surface area contributed by atoms with Gasteiger partial charge in [-0.3, -0.25) is 4.79 Å². The van der Waals surface area contributed by atoms with Crippen molar-refractivity contribution >= 4 is 23.3 Å². The number of benzene rings is 1. The van der Waals surface area contributed by atoms with E-state index in [0.29, 0.717) is 5.02 Å². The first-order valence-corrected chi connectivity index (χ1v) is 9.64. The van der Waals surface area contributed by atoms with Gasteiger partial charge in [0.15, 0.2) is 5.82 Å². The molecule has 1 fully saturated rings. The Bertz CT molecular complexity index is 738. The Morgan fingerprint density at radius 1 is 1.04 bits per heavy atom. The highest BCUT2D eigenvalue weighted by atomic mass is 35.5. The Morgan fingerprint density at radius 2 is 1.73 bits per heavy atom. The number of nitrogens with zero attached hydrogens (tertiary/aromatic N) is 4. The van der Waals surface area contributed by atoms with Crippen LogP contribution in [0.3, 0.4) is 0 Å². The predicted molar refractivity (Wildman–Crippen MR) is 105 cm³/mol. The van der Waals surface area contributed by atoms with Crippen LogP contribution in [0.25, 0.3) is 11.3 Å². The number of carbonyl (C=O) groups excluding carboxylic acids is 1. The van der Waals surface area contributed by atoms with Gasteiger partial charge in [0.2, 0.25) is 5.91 Å². The summed E-state index contributed by atoms with van der Waals surface area (Å²) in [4.78, 5) is 16.7. The smallest absolute Gasteiger partial charge is 0.225 e. The highest BCUT2D eigenvalue weighted by Gasteiger charge is 2.26. The summed E-state index contributed by atoms with van der Waals surface area (Å²) in [5.74, 6) is 1.28. The van der Waals surface area contributed by atoms with E-state index in [4.69, 9.17) is 11.6 Å². The van der Waals surface area contributed by atoms with E-state index >= 15 is 0 Å². The van der Waals surface area contributed by atoms with Gasteiger partial charge >= 0.3 is 0 Å². The Hall–Kier alpha value is -2.14. The molecule has 2 aromatic rings. The van der Waals surface area contributed by atoms with Crippen molar-refractivity contribution in [2.75, 3.05) is 31.1 Å². The van der Waals surface area contributed by atoms with E-state index in [0.717, 1.165) is 56.1 Å². The second kappa shape index (κ2) is 8.49. The zero-order valence-electron chi connectivity index (χ0n) is 15.4. The van der Waals surface area contributed by atoms with E-state index in [2.05, 4.69) is 28.9 Å². The molecule has 0 unspecified atom stereocenters. The third-order valence-corrected chi connectivity index (χ3v) is 5.38. The van der Waals surface area contributed by atoms with Crippen LogP contribution in [0.1, 0.15) is 26.7 Å². The van der Waals surface area contributed by atoms with Gasteiger partial charge < -0.3 is 9.80 Å². The second-order valence-corrected chi connectivity index (χ2v) is 6.99. The van der Waals surface area contributed by atoms with Gasteiger partial charge in [-0.15, -0.1) is 10.2 Å². The van der Waals surface area contributed by atoms with E-state index in [1.54, 1.807) is 0 Å². The van der Waals surface area contributed by atoms with Crippen LogP contribution in [-0.4, -0.2) is 47.2 Å². The molecular weight excluding hydrogens is 348 g/mol. The highest BCUT2D eigenvalue weighted by Crippen LogP contribution is 2.26. The maximum atomic E-state index is 12.5. The predicted octanol–water partition coefficient (Wildman–Crippen LogP) is 3.88. The first kappa shape index (κ1) is 18.6. The molecule has 3 rings (SSSR count). The van der Waals surface area contributed by atoms with Crippen LogP contribution < -0.4 is 4.90 Å². The van der Waals surface area contributed by atoms with Crippen molar-refractivity contribution in [2.45, 2.75) is 26.7 Å². The van der Waals surface area contributed by atoms with Crippen LogP contribution >= 0.6 is 11.6 Å². The van der Waals surface area contributed by atoms with Crippen molar-refractivity contribution in [2.24, 2.45) is 5.92 Å². The largest absolute Gasteiger partial charge is 0.352 e. The maximum Gasteiger partial charge on any atom is 0.225 e. The van der Waals surface area contributed by atoms with Crippen LogP contribution in [0, 0.1) is 5.92 Å². The number of rotatable bonds is 5. The lowest BCUT2D eigenvalue weighted by Crippen LogP contribution is -2.50. The van der Waals surface area contributed by atoms with Gasteiger partial charge in [-0.1, -0.05) is 43.6 Å². The maximum absolute atomic E-state index is 12.5. The number of halogens is 1. The highest BCUT2D eigenvalue weighted by molar-refractivity contribution is 6.33. The Balaban J connectivity index is 1.63. The number of aromatic nitrogens is 2. The Morgan fingerprint density at radius 3 is 2.31 bits per heavy atom. The summed E-state index contributed by atoms with van der Waals surface area (Å²) in [5, 5.41) is 9.38. The van der Waals surface area contributed by atoms with Gasteiger partial charge in [0.05, 0.1) is 10.7 Å². The first-order chi connectivity index (χ1) is 12.6. The SMILES string of the molecule is CCC(CC)C(=O)N1CCN(c2ccc(-c3ccccc3Cl)nn2)CC1. The third-order valence-electron chi connectivity index (χ3n) is 5.05. The summed E-state index contributed by atoms with van der Waals surface area (Å²) in [5.41, 5.74) is 1.65. The molecule has 0 saturated carbocycles. The van der Waals surface area contributed by atoms with Crippen LogP contribution in [-0.2, 0) is 4.79 Å². The minimum absolute atomic E-state index is 0.149. The molecule has 0 bridgehead atoms. The molecule has 1 aromatic heterocycles. The number of anilines is 1. The molecule has 1 aliphatic rings. The van der Waals surface area contributed by atoms with Crippen molar-refractivity contribution < 1.29 is 4.79 Å². The Kier molecular flexibility index (Phi) is 6.09. The average Bonchev–Trinajstić information content (AvgIpc) is 2.69. The van der Waals surface area contributed by atoms with Gasteiger partial charge in [0, 0.05) is 37.7 Å². The van der Waals surface area contributed by atoms with E-state index in [9.17, 15) is 4.79 Å². The topological polar surface area (TPSA) is 49.3 Å². The van der Waals surface area contributed by atoms with Crippen LogP contribution in [0.2, 0.25) is 5.02 Å². The zero-order chi connectivity index (χ0) is 18.5. The molecule has 0 N–H and O–H groups in total. The molecule has 1 amide bonds. The minimum atomic E-state index is 0.149. The monoisotopic (exact) mass is 372 g/mol. The second-order valence-electron chi connectivity index (χ2n) is 6.58. The fraction of sp³-hybridized carbons (Fsp3) is 0.450. The standard InChI is InChI=1S/C20H25ClN4O/c1-3-15(4-2)20(26)25-13-11-24(12-14-25)19-10-9-18(22-23-19)16-7-5-6-8-17(16)21/h5-10,15H,3-4,11-14H2,1-2H3. The van der Waals surface area contributed by atoms with E-state index in [-0.39, 0.29) is 11.8 Å². The molecule has 1 aliphatic heterocycles. The number of piperazine rings is 1.